The molecule has 0 amide bonds. The molecule has 0 spiro atoms. The second kappa shape index (κ2) is 4.70. The summed E-state index contributed by atoms with van der Waals surface area (Å²) in [4.78, 5) is 11.3. The van der Waals surface area contributed by atoms with E-state index in [1.54, 1.807) is 4.68 Å². The van der Waals surface area contributed by atoms with Crippen LogP contribution in [0, 0.1) is 6.92 Å². The van der Waals surface area contributed by atoms with Gasteiger partial charge < -0.3 is 0 Å². The number of hydrogen-bond donors (Lipinski definition) is 0. The van der Waals surface area contributed by atoms with E-state index in [1.807, 2.05) is 25.1 Å². The lowest BCUT2D eigenvalue weighted by atomic mass is 10.2. The number of aromatic nitrogens is 3. The molecule has 0 aliphatic rings. The first-order valence-electron chi connectivity index (χ1n) is 4.89. The molecule has 0 unspecified atom stereocenters. The van der Waals surface area contributed by atoms with Gasteiger partial charge in [0, 0.05) is 15.9 Å². The van der Waals surface area contributed by atoms with E-state index in [2.05, 4.69) is 42.2 Å². The first-order valence-corrected chi connectivity index (χ1v) is 6.48. The summed E-state index contributed by atoms with van der Waals surface area (Å²) in [6.45, 7) is 3.31. The Morgan fingerprint density at radius 1 is 1.35 bits per heavy atom. The summed E-state index contributed by atoms with van der Waals surface area (Å²) in [5, 5.41) is 7.88. The van der Waals surface area contributed by atoms with Crippen LogP contribution in [0.5, 0.6) is 0 Å². The molecule has 6 heteroatoms. The van der Waals surface area contributed by atoms with Crippen molar-refractivity contribution in [3.8, 4) is 5.69 Å². The Kier molecular flexibility index (Phi) is 3.44. The Morgan fingerprint density at radius 2 is 2.06 bits per heavy atom. The number of rotatable bonds is 2. The molecular formula is C11H9Br2N3O. The lowest BCUT2D eigenvalue weighted by Crippen LogP contribution is -2.02. The third-order valence-electron chi connectivity index (χ3n) is 2.37. The fraction of sp³-hybridized carbons (Fsp3) is 0.182. The van der Waals surface area contributed by atoms with Crippen LogP contribution < -0.4 is 0 Å². The van der Waals surface area contributed by atoms with Crippen LogP contribution in [0.2, 0.25) is 0 Å². The van der Waals surface area contributed by atoms with Gasteiger partial charge in [-0.05, 0) is 41.1 Å². The van der Waals surface area contributed by atoms with Crippen molar-refractivity contribution in [1.29, 1.82) is 0 Å². The highest BCUT2D eigenvalue weighted by atomic mass is 79.9. The number of ketones is 1. The van der Waals surface area contributed by atoms with Crippen molar-refractivity contribution in [1.82, 2.24) is 15.0 Å². The second-order valence-electron chi connectivity index (χ2n) is 3.59. The summed E-state index contributed by atoms with van der Waals surface area (Å²) >= 11 is 6.85. The molecule has 2 rings (SSSR count). The number of nitrogens with zero attached hydrogens (tertiary/aromatic N) is 3. The summed E-state index contributed by atoms with van der Waals surface area (Å²) in [6.07, 6.45) is 0. The molecule has 2 aromatic rings. The molecule has 1 heterocycles. The van der Waals surface area contributed by atoms with E-state index in [9.17, 15) is 4.79 Å². The fourth-order valence-electron chi connectivity index (χ4n) is 1.54. The van der Waals surface area contributed by atoms with Crippen LogP contribution in [0.1, 0.15) is 23.1 Å². The second-order valence-corrected chi connectivity index (χ2v) is 5.36. The highest BCUT2D eigenvalue weighted by Gasteiger charge is 2.15. The molecular weight excluding hydrogens is 350 g/mol. The van der Waals surface area contributed by atoms with Crippen LogP contribution in [0.4, 0.5) is 0 Å². The van der Waals surface area contributed by atoms with Crippen LogP contribution in [0.15, 0.2) is 27.1 Å². The van der Waals surface area contributed by atoms with Gasteiger partial charge in [-0.15, -0.1) is 5.10 Å². The normalized spacial score (nSPS) is 10.6. The monoisotopic (exact) mass is 357 g/mol. The summed E-state index contributed by atoms with van der Waals surface area (Å²) in [5.74, 6) is -0.0815. The molecule has 0 radical (unpaired) electrons. The van der Waals surface area contributed by atoms with Crippen molar-refractivity contribution in [2.24, 2.45) is 0 Å². The fourth-order valence-corrected chi connectivity index (χ4v) is 2.75. The molecule has 88 valence electrons. The number of benzene rings is 1. The molecule has 0 atom stereocenters. The van der Waals surface area contributed by atoms with Crippen molar-refractivity contribution >= 4 is 37.6 Å². The summed E-state index contributed by atoms with van der Waals surface area (Å²) in [6, 6.07) is 5.73. The van der Waals surface area contributed by atoms with Gasteiger partial charge in [0.15, 0.2) is 11.5 Å². The van der Waals surface area contributed by atoms with Crippen LogP contribution in [-0.2, 0) is 0 Å². The summed E-state index contributed by atoms with van der Waals surface area (Å²) < 4.78 is 3.50. The average Bonchev–Trinajstić information content (AvgIpc) is 2.60. The number of carbonyl (C=O) groups excluding carboxylic acids is 1. The van der Waals surface area contributed by atoms with Crippen molar-refractivity contribution < 1.29 is 4.79 Å². The zero-order valence-electron chi connectivity index (χ0n) is 9.24. The zero-order chi connectivity index (χ0) is 12.6. The van der Waals surface area contributed by atoms with Gasteiger partial charge >= 0.3 is 0 Å². The summed E-state index contributed by atoms with van der Waals surface area (Å²) in [5.41, 5.74) is 1.99. The zero-order valence-corrected chi connectivity index (χ0v) is 12.4. The van der Waals surface area contributed by atoms with Crippen molar-refractivity contribution in [2.75, 3.05) is 0 Å². The molecule has 0 N–H and O–H groups in total. The Morgan fingerprint density at radius 3 is 2.59 bits per heavy atom. The molecule has 17 heavy (non-hydrogen) atoms. The topological polar surface area (TPSA) is 47.8 Å². The smallest absolute Gasteiger partial charge is 0.181 e. The molecule has 1 aromatic carbocycles. The maximum absolute atomic E-state index is 11.3. The minimum Gasteiger partial charge on any atom is -0.293 e. The third kappa shape index (κ3) is 2.32. The molecule has 0 aliphatic carbocycles. The number of hydrogen-bond acceptors (Lipinski definition) is 3. The Bertz CT molecular complexity index is 592. The minimum atomic E-state index is -0.0815. The molecule has 0 fully saturated rings. The van der Waals surface area contributed by atoms with E-state index < -0.39 is 0 Å². The first-order chi connectivity index (χ1) is 8.00. The van der Waals surface area contributed by atoms with Gasteiger partial charge in [-0.25, -0.2) is 4.68 Å². The molecule has 0 saturated carbocycles. The van der Waals surface area contributed by atoms with Crippen LogP contribution in [0.3, 0.4) is 0 Å². The van der Waals surface area contributed by atoms with Crippen molar-refractivity contribution in [2.45, 2.75) is 13.8 Å². The molecule has 1 aromatic heterocycles. The Hall–Kier alpha value is -1.01. The Labute approximate surface area is 115 Å². The summed E-state index contributed by atoms with van der Waals surface area (Å²) in [7, 11) is 0. The lowest BCUT2D eigenvalue weighted by molar-refractivity contribution is 0.101. The first kappa shape index (κ1) is 12.4. The van der Waals surface area contributed by atoms with Gasteiger partial charge in [0.05, 0.1) is 11.4 Å². The van der Waals surface area contributed by atoms with Crippen LogP contribution in [0.25, 0.3) is 5.69 Å². The number of Topliss-reactive ketones (excluding diaryl/α,β-unsaturated/α-hetero) is 1. The lowest BCUT2D eigenvalue weighted by Gasteiger charge is -2.06. The van der Waals surface area contributed by atoms with Gasteiger partial charge in [0.2, 0.25) is 0 Å². The SMILES string of the molecule is CC(=O)c1nnn(-c2ccc(Br)cc2Br)c1C. The van der Waals surface area contributed by atoms with Gasteiger partial charge in [0.1, 0.15) is 0 Å². The third-order valence-corrected chi connectivity index (χ3v) is 3.49. The van der Waals surface area contributed by atoms with E-state index in [0.29, 0.717) is 5.69 Å². The van der Waals surface area contributed by atoms with E-state index >= 15 is 0 Å². The van der Waals surface area contributed by atoms with E-state index in [1.165, 1.54) is 6.92 Å². The van der Waals surface area contributed by atoms with Gasteiger partial charge in [0.25, 0.3) is 0 Å². The van der Waals surface area contributed by atoms with Crippen LogP contribution in [-0.4, -0.2) is 20.8 Å². The standard InChI is InChI=1S/C11H9Br2N3O/c1-6-11(7(2)17)14-15-16(6)10-4-3-8(12)5-9(10)13/h3-5H,1-2H3. The van der Waals surface area contributed by atoms with E-state index in [-0.39, 0.29) is 5.78 Å². The maximum atomic E-state index is 11.3. The predicted octanol–water partition coefficient (Wildman–Crippen LogP) is 3.30. The van der Waals surface area contributed by atoms with E-state index in [4.69, 9.17) is 0 Å². The Balaban J connectivity index is 2.57. The predicted molar refractivity (Wildman–Crippen MR) is 71.5 cm³/mol. The molecule has 4 nitrogen and oxygen atoms in total. The van der Waals surface area contributed by atoms with Gasteiger partial charge in [-0.1, -0.05) is 21.1 Å². The number of halogens is 2. The van der Waals surface area contributed by atoms with Crippen molar-refractivity contribution in [3.05, 3.63) is 38.5 Å². The largest absolute Gasteiger partial charge is 0.293 e. The highest BCUT2D eigenvalue weighted by molar-refractivity contribution is 9.11. The maximum Gasteiger partial charge on any atom is 0.181 e. The molecule has 0 aliphatic heterocycles. The van der Waals surface area contributed by atoms with Gasteiger partial charge in [-0.3, -0.25) is 4.79 Å². The van der Waals surface area contributed by atoms with Gasteiger partial charge in [-0.2, -0.15) is 0 Å². The average molecular weight is 359 g/mol. The minimum absolute atomic E-state index is 0.0815. The van der Waals surface area contributed by atoms with Crippen molar-refractivity contribution in [3.63, 3.8) is 0 Å². The quantitative estimate of drug-likeness (QED) is 0.774. The van der Waals surface area contributed by atoms with Crippen LogP contribution >= 0.6 is 31.9 Å². The molecule has 0 bridgehead atoms. The van der Waals surface area contributed by atoms with E-state index in [0.717, 1.165) is 20.3 Å². The number of carbonyl (C=O) groups is 1. The highest BCUT2D eigenvalue weighted by Crippen LogP contribution is 2.25. The molecule has 0 saturated heterocycles.